The van der Waals surface area contributed by atoms with Crippen molar-refractivity contribution >= 4 is 29.2 Å². The van der Waals surface area contributed by atoms with Crippen molar-refractivity contribution in [3.05, 3.63) is 53.3 Å². The number of nitrogens with one attached hydrogen (secondary N) is 1. The molecule has 0 fully saturated rings. The number of esters is 1. The summed E-state index contributed by atoms with van der Waals surface area (Å²) < 4.78 is 28.7. The maximum absolute atomic E-state index is 13.0. The van der Waals surface area contributed by atoms with Crippen LogP contribution in [0, 0.1) is 5.82 Å². The second-order valence-electron chi connectivity index (χ2n) is 5.63. The number of carbonyl (C=O) groups is 2. The Bertz CT molecular complexity index is 812. The summed E-state index contributed by atoms with van der Waals surface area (Å²) >= 11 is 5.85. The Balaban J connectivity index is 1.89. The van der Waals surface area contributed by atoms with Crippen LogP contribution < -0.4 is 14.8 Å². The van der Waals surface area contributed by atoms with E-state index in [1.165, 1.54) is 19.9 Å². The van der Waals surface area contributed by atoms with Crippen molar-refractivity contribution in [2.45, 2.75) is 26.1 Å². The molecule has 2 atom stereocenters. The third-order valence-corrected chi connectivity index (χ3v) is 3.87. The van der Waals surface area contributed by atoms with Crippen molar-refractivity contribution in [1.82, 2.24) is 0 Å². The van der Waals surface area contributed by atoms with E-state index in [0.29, 0.717) is 11.5 Å². The van der Waals surface area contributed by atoms with Crippen LogP contribution in [0.2, 0.25) is 5.02 Å². The third-order valence-electron chi connectivity index (χ3n) is 3.56. The predicted octanol–water partition coefficient (Wildman–Crippen LogP) is 3.83. The molecule has 1 N–H and O–H groups in total. The summed E-state index contributed by atoms with van der Waals surface area (Å²) in [5.41, 5.74) is 0.216. The molecule has 0 bridgehead atoms. The molecule has 27 heavy (non-hydrogen) atoms. The molecule has 6 nitrogen and oxygen atoms in total. The molecule has 2 aromatic carbocycles. The van der Waals surface area contributed by atoms with Crippen molar-refractivity contribution in [1.29, 1.82) is 0 Å². The maximum atomic E-state index is 13.0. The molecule has 2 unspecified atom stereocenters. The van der Waals surface area contributed by atoms with Gasteiger partial charge in [-0.2, -0.15) is 0 Å². The summed E-state index contributed by atoms with van der Waals surface area (Å²) in [4.78, 5) is 24.3. The Morgan fingerprint density at radius 2 is 1.67 bits per heavy atom. The molecule has 2 aromatic rings. The van der Waals surface area contributed by atoms with Crippen molar-refractivity contribution in [3.8, 4) is 11.5 Å². The van der Waals surface area contributed by atoms with Gasteiger partial charge in [-0.1, -0.05) is 11.6 Å². The van der Waals surface area contributed by atoms with Gasteiger partial charge in [-0.05, 0) is 56.3 Å². The van der Waals surface area contributed by atoms with Gasteiger partial charge in [0.25, 0.3) is 5.91 Å². The number of carbonyl (C=O) groups excluding carboxylic acids is 2. The normalized spacial score (nSPS) is 12.6. The average Bonchev–Trinajstić information content (AvgIpc) is 2.64. The van der Waals surface area contributed by atoms with Gasteiger partial charge >= 0.3 is 5.97 Å². The first-order chi connectivity index (χ1) is 12.8. The number of benzene rings is 2. The van der Waals surface area contributed by atoms with Gasteiger partial charge in [0.1, 0.15) is 17.3 Å². The zero-order valence-corrected chi connectivity index (χ0v) is 15.7. The van der Waals surface area contributed by atoms with E-state index in [4.69, 9.17) is 25.8 Å². The number of anilines is 1. The Kier molecular flexibility index (Phi) is 7.01. The fourth-order valence-corrected chi connectivity index (χ4v) is 2.27. The van der Waals surface area contributed by atoms with E-state index in [-0.39, 0.29) is 10.7 Å². The van der Waals surface area contributed by atoms with Gasteiger partial charge in [0, 0.05) is 0 Å². The maximum Gasteiger partial charge on any atom is 0.347 e. The summed E-state index contributed by atoms with van der Waals surface area (Å²) in [6.07, 6.45) is -2.02. The second kappa shape index (κ2) is 9.23. The summed E-state index contributed by atoms with van der Waals surface area (Å²) in [5, 5.41) is 2.51. The number of halogens is 2. The van der Waals surface area contributed by atoms with Crippen LogP contribution in [0.25, 0.3) is 0 Å². The number of methoxy groups -OCH3 is 1. The molecule has 8 heteroatoms. The monoisotopic (exact) mass is 395 g/mol. The van der Waals surface area contributed by atoms with Gasteiger partial charge in [-0.15, -0.1) is 0 Å². The van der Waals surface area contributed by atoms with Crippen LogP contribution in [-0.2, 0) is 14.3 Å². The van der Waals surface area contributed by atoms with E-state index in [2.05, 4.69) is 5.32 Å². The molecule has 0 radical (unpaired) electrons. The molecule has 0 spiro atoms. The lowest BCUT2D eigenvalue weighted by Gasteiger charge is -2.18. The lowest BCUT2D eigenvalue weighted by molar-refractivity contribution is -0.159. The van der Waals surface area contributed by atoms with Crippen molar-refractivity contribution in [3.63, 3.8) is 0 Å². The minimum atomic E-state index is -1.10. The number of amides is 1. The highest BCUT2D eigenvalue weighted by Crippen LogP contribution is 2.23. The van der Waals surface area contributed by atoms with Crippen LogP contribution in [0.1, 0.15) is 13.8 Å². The van der Waals surface area contributed by atoms with E-state index in [9.17, 15) is 14.0 Å². The molecule has 144 valence electrons. The summed E-state index contributed by atoms with van der Waals surface area (Å²) in [5.74, 6) is -0.730. The molecule has 2 rings (SSSR count). The molecule has 1 amide bonds. The number of hydrogen-bond donors (Lipinski definition) is 1. The van der Waals surface area contributed by atoms with Gasteiger partial charge in [0.15, 0.2) is 12.2 Å². The molecule has 0 aliphatic carbocycles. The highest BCUT2D eigenvalue weighted by atomic mass is 35.5. The van der Waals surface area contributed by atoms with E-state index in [1.807, 2.05) is 0 Å². The van der Waals surface area contributed by atoms with Crippen LogP contribution in [-0.4, -0.2) is 31.2 Å². The molecule has 0 aliphatic rings. The topological polar surface area (TPSA) is 73.9 Å². The van der Waals surface area contributed by atoms with Crippen LogP contribution in [0.5, 0.6) is 11.5 Å². The van der Waals surface area contributed by atoms with Crippen LogP contribution in [0.3, 0.4) is 0 Å². The first kappa shape index (κ1) is 20.5. The number of ether oxygens (including phenoxy) is 3. The van der Waals surface area contributed by atoms with Crippen molar-refractivity contribution in [2.24, 2.45) is 0 Å². The molecular weight excluding hydrogens is 377 g/mol. The number of hydrogen-bond acceptors (Lipinski definition) is 5. The fourth-order valence-electron chi connectivity index (χ4n) is 2.06. The Morgan fingerprint density at radius 3 is 2.26 bits per heavy atom. The predicted molar refractivity (Wildman–Crippen MR) is 98.7 cm³/mol. The summed E-state index contributed by atoms with van der Waals surface area (Å²) in [6.45, 7) is 2.92. The van der Waals surface area contributed by atoms with Gasteiger partial charge in [-0.25, -0.2) is 9.18 Å². The standard InChI is InChI=1S/C19H19ClFNO5/c1-11(18(23)22-17-9-4-13(21)10-16(17)20)27-19(24)12(2)26-15-7-5-14(25-3)6-8-15/h4-12H,1-3H3,(H,22,23). The Labute approximate surface area is 161 Å². The van der Waals surface area contributed by atoms with Crippen molar-refractivity contribution in [2.75, 3.05) is 12.4 Å². The minimum Gasteiger partial charge on any atom is -0.497 e. The van der Waals surface area contributed by atoms with E-state index in [0.717, 1.165) is 12.1 Å². The van der Waals surface area contributed by atoms with Crippen LogP contribution in [0.15, 0.2) is 42.5 Å². The number of rotatable bonds is 7. The summed E-state index contributed by atoms with van der Waals surface area (Å²) in [6, 6.07) is 10.2. The van der Waals surface area contributed by atoms with Gasteiger partial charge < -0.3 is 19.5 Å². The van der Waals surface area contributed by atoms with Gasteiger partial charge in [0.2, 0.25) is 0 Å². The summed E-state index contributed by atoms with van der Waals surface area (Å²) in [7, 11) is 1.54. The Morgan fingerprint density at radius 1 is 1.04 bits per heavy atom. The largest absolute Gasteiger partial charge is 0.497 e. The smallest absolute Gasteiger partial charge is 0.347 e. The second-order valence-corrected chi connectivity index (χ2v) is 6.04. The lowest BCUT2D eigenvalue weighted by atomic mass is 10.3. The molecule has 0 aliphatic heterocycles. The van der Waals surface area contributed by atoms with E-state index in [1.54, 1.807) is 31.4 Å². The molecule has 0 heterocycles. The fraction of sp³-hybridized carbons (Fsp3) is 0.263. The van der Waals surface area contributed by atoms with Crippen LogP contribution >= 0.6 is 11.6 Å². The van der Waals surface area contributed by atoms with E-state index < -0.39 is 29.9 Å². The molecule has 0 saturated heterocycles. The zero-order valence-electron chi connectivity index (χ0n) is 15.0. The third kappa shape index (κ3) is 5.86. The van der Waals surface area contributed by atoms with E-state index >= 15 is 0 Å². The van der Waals surface area contributed by atoms with Crippen LogP contribution in [0.4, 0.5) is 10.1 Å². The highest BCUT2D eigenvalue weighted by Gasteiger charge is 2.23. The Hall–Kier alpha value is -2.80. The highest BCUT2D eigenvalue weighted by molar-refractivity contribution is 6.33. The average molecular weight is 396 g/mol. The minimum absolute atomic E-state index is 0.0399. The quantitative estimate of drug-likeness (QED) is 0.721. The lowest BCUT2D eigenvalue weighted by Crippen LogP contribution is -2.35. The first-order valence-corrected chi connectivity index (χ1v) is 8.45. The molecule has 0 saturated carbocycles. The zero-order chi connectivity index (χ0) is 20.0. The van der Waals surface area contributed by atoms with Crippen molar-refractivity contribution < 1.29 is 28.2 Å². The molecular formula is C19H19ClFNO5. The molecule has 0 aromatic heterocycles. The SMILES string of the molecule is COc1ccc(OC(C)C(=O)OC(C)C(=O)Nc2ccc(F)cc2Cl)cc1. The van der Waals surface area contributed by atoms with Gasteiger partial charge in [0.05, 0.1) is 17.8 Å². The first-order valence-electron chi connectivity index (χ1n) is 8.07. The van der Waals surface area contributed by atoms with Gasteiger partial charge in [-0.3, -0.25) is 4.79 Å².